The van der Waals surface area contributed by atoms with E-state index in [-0.39, 0.29) is 24.1 Å². The van der Waals surface area contributed by atoms with Crippen LogP contribution in [-0.2, 0) is 9.53 Å². The molecule has 0 atom stereocenters. The number of esters is 1. The van der Waals surface area contributed by atoms with Crippen molar-refractivity contribution in [1.82, 2.24) is 19.9 Å². The molecule has 3 aromatic rings. The van der Waals surface area contributed by atoms with Crippen LogP contribution in [0.4, 0.5) is 5.69 Å². The third kappa shape index (κ3) is 3.57. The summed E-state index contributed by atoms with van der Waals surface area (Å²) < 4.78 is 5.08. The van der Waals surface area contributed by atoms with Crippen LogP contribution in [0.3, 0.4) is 0 Å². The molecule has 140 valence electrons. The number of amides is 1. The normalized spacial score (nSPS) is 11.0. The Bertz CT molecular complexity index is 1070. The third-order valence-corrected chi connectivity index (χ3v) is 3.92. The molecular formula is C18H19N5O4. The average Bonchev–Trinajstić information content (AvgIpc) is 3.08. The first-order valence-electron chi connectivity index (χ1n) is 8.45. The highest BCUT2D eigenvalue weighted by Gasteiger charge is 2.20. The molecule has 3 heterocycles. The van der Waals surface area contributed by atoms with Crippen LogP contribution >= 0.6 is 0 Å². The minimum atomic E-state index is -0.502. The van der Waals surface area contributed by atoms with E-state index in [1.165, 1.54) is 24.8 Å². The van der Waals surface area contributed by atoms with Crippen molar-refractivity contribution in [3.8, 4) is 11.3 Å². The monoisotopic (exact) mass is 369 g/mol. The maximum atomic E-state index is 12.2. The van der Waals surface area contributed by atoms with Gasteiger partial charge in [-0.2, -0.15) is 0 Å². The lowest BCUT2D eigenvalue weighted by Gasteiger charge is -2.09. The molecule has 0 unspecified atom stereocenters. The van der Waals surface area contributed by atoms with Crippen LogP contribution < -0.4 is 10.9 Å². The number of aromatic nitrogens is 4. The van der Waals surface area contributed by atoms with Gasteiger partial charge in [0.25, 0.3) is 5.56 Å². The van der Waals surface area contributed by atoms with Gasteiger partial charge >= 0.3 is 5.97 Å². The quantitative estimate of drug-likeness (QED) is 0.590. The van der Waals surface area contributed by atoms with Crippen molar-refractivity contribution in [2.24, 2.45) is 5.92 Å². The van der Waals surface area contributed by atoms with E-state index in [0.29, 0.717) is 27.9 Å². The van der Waals surface area contributed by atoms with Gasteiger partial charge in [0.15, 0.2) is 0 Å². The minimum Gasteiger partial charge on any atom is -0.462 e. The zero-order valence-electron chi connectivity index (χ0n) is 15.1. The first-order chi connectivity index (χ1) is 12.9. The fraction of sp³-hybridized carbons (Fsp3) is 0.278. The number of hydrogen-bond acceptors (Lipinski definition) is 6. The van der Waals surface area contributed by atoms with E-state index in [1.807, 2.05) is 0 Å². The number of nitrogens with one attached hydrogen (secondary N) is 3. The summed E-state index contributed by atoms with van der Waals surface area (Å²) in [6.07, 6.45) is 4.33. The molecule has 0 aromatic carbocycles. The minimum absolute atomic E-state index is 0.103. The molecule has 9 heteroatoms. The van der Waals surface area contributed by atoms with Crippen LogP contribution in [-0.4, -0.2) is 38.4 Å². The number of fused-ring (bicyclic) bond motifs is 1. The van der Waals surface area contributed by atoms with Crippen LogP contribution in [0.25, 0.3) is 22.3 Å². The first-order valence-corrected chi connectivity index (χ1v) is 8.45. The van der Waals surface area contributed by atoms with Crippen LogP contribution in [0.5, 0.6) is 0 Å². The summed E-state index contributed by atoms with van der Waals surface area (Å²) in [7, 11) is 0. The molecule has 0 aliphatic rings. The molecule has 0 bridgehead atoms. The van der Waals surface area contributed by atoms with Crippen molar-refractivity contribution in [3.63, 3.8) is 0 Å². The van der Waals surface area contributed by atoms with Crippen molar-refractivity contribution < 1.29 is 14.3 Å². The number of ether oxygens (including phenoxy) is 1. The molecule has 27 heavy (non-hydrogen) atoms. The number of carbonyl (C=O) groups excluding carboxylic acids is 2. The number of nitrogens with zero attached hydrogens (tertiary/aromatic N) is 2. The van der Waals surface area contributed by atoms with Crippen LogP contribution in [0.15, 0.2) is 29.6 Å². The van der Waals surface area contributed by atoms with Crippen molar-refractivity contribution >= 4 is 28.6 Å². The van der Waals surface area contributed by atoms with Crippen LogP contribution in [0, 0.1) is 5.92 Å². The van der Waals surface area contributed by atoms with Crippen LogP contribution in [0.1, 0.15) is 31.1 Å². The predicted octanol–water partition coefficient (Wildman–Crippen LogP) is 2.08. The lowest BCUT2D eigenvalue weighted by molar-refractivity contribution is -0.118. The summed E-state index contributed by atoms with van der Waals surface area (Å²) in [5, 5.41) is 3.07. The Labute approximate surface area is 154 Å². The predicted molar refractivity (Wildman–Crippen MR) is 99.4 cm³/mol. The van der Waals surface area contributed by atoms with E-state index in [1.54, 1.807) is 20.8 Å². The molecule has 3 aromatic heterocycles. The molecule has 0 aliphatic heterocycles. The highest BCUT2D eigenvalue weighted by Crippen LogP contribution is 2.28. The summed E-state index contributed by atoms with van der Waals surface area (Å²) in [4.78, 5) is 50.1. The highest BCUT2D eigenvalue weighted by molar-refractivity contribution is 6.08. The summed E-state index contributed by atoms with van der Waals surface area (Å²) >= 11 is 0. The molecule has 0 aliphatic carbocycles. The molecule has 3 N–H and O–H groups in total. The summed E-state index contributed by atoms with van der Waals surface area (Å²) in [5.74, 6) is -1.06. The molecule has 0 fully saturated rings. The Kier molecular flexibility index (Phi) is 5.02. The second kappa shape index (κ2) is 7.40. The van der Waals surface area contributed by atoms with Gasteiger partial charge in [-0.15, -0.1) is 0 Å². The Hall–Kier alpha value is -3.49. The van der Waals surface area contributed by atoms with E-state index in [4.69, 9.17) is 4.74 Å². The third-order valence-electron chi connectivity index (χ3n) is 3.92. The maximum absolute atomic E-state index is 12.2. The summed E-state index contributed by atoms with van der Waals surface area (Å²) in [6.45, 7) is 5.41. The SMILES string of the molecule is CCOC(=O)c1c[nH]c2ncnc(-c3c[nH]c(=O)c(NC(=O)C(C)C)c3)c12. The lowest BCUT2D eigenvalue weighted by atomic mass is 10.1. The summed E-state index contributed by atoms with van der Waals surface area (Å²) in [6, 6.07) is 1.52. The zero-order chi connectivity index (χ0) is 19.6. The van der Waals surface area contributed by atoms with Crippen molar-refractivity contribution in [3.05, 3.63) is 40.7 Å². The van der Waals surface area contributed by atoms with E-state index in [9.17, 15) is 14.4 Å². The van der Waals surface area contributed by atoms with Gasteiger partial charge in [0.05, 0.1) is 23.3 Å². The Balaban J connectivity index is 2.13. The van der Waals surface area contributed by atoms with Gasteiger partial charge in [-0.3, -0.25) is 9.59 Å². The fourth-order valence-electron chi connectivity index (χ4n) is 2.54. The van der Waals surface area contributed by atoms with Crippen molar-refractivity contribution in [2.45, 2.75) is 20.8 Å². The largest absolute Gasteiger partial charge is 0.462 e. The van der Waals surface area contributed by atoms with Crippen LogP contribution in [0.2, 0.25) is 0 Å². The molecule has 0 spiro atoms. The topological polar surface area (TPSA) is 130 Å². The summed E-state index contributed by atoms with van der Waals surface area (Å²) in [5.41, 5.74) is 1.37. The number of H-pyrrole nitrogens is 2. The smallest absolute Gasteiger partial charge is 0.340 e. The first kappa shape index (κ1) is 18.3. The Morgan fingerprint density at radius 2 is 2.00 bits per heavy atom. The van der Waals surface area contributed by atoms with Gasteiger partial charge in [-0.1, -0.05) is 13.8 Å². The Morgan fingerprint density at radius 1 is 1.22 bits per heavy atom. The van der Waals surface area contributed by atoms with E-state index < -0.39 is 11.5 Å². The van der Waals surface area contributed by atoms with E-state index in [2.05, 4.69) is 25.3 Å². The number of carbonyl (C=O) groups is 2. The van der Waals surface area contributed by atoms with E-state index >= 15 is 0 Å². The zero-order valence-corrected chi connectivity index (χ0v) is 15.1. The maximum Gasteiger partial charge on any atom is 0.340 e. The second-order valence-corrected chi connectivity index (χ2v) is 6.14. The van der Waals surface area contributed by atoms with Crippen molar-refractivity contribution in [2.75, 3.05) is 11.9 Å². The van der Waals surface area contributed by atoms with Gasteiger partial charge in [0.2, 0.25) is 5.91 Å². The molecule has 0 saturated heterocycles. The van der Waals surface area contributed by atoms with Gasteiger partial charge < -0.3 is 20.0 Å². The second-order valence-electron chi connectivity index (χ2n) is 6.14. The number of hydrogen-bond donors (Lipinski definition) is 3. The fourth-order valence-corrected chi connectivity index (χ4v) is 2.54. The molecule has 1 amide bonds. The molecule has 0 saturated carbocycles. The number of pyridine rings is 1. The van der Waals surface area contributed by atoms with Gasteiger partial charge in [0, 0.05) is 23.9 Å². The number of rotatable bonds is 5. The highest BCUT2D eigenvalue weighted by atomic mass is 16.5. The standard InChI is InChI=1S/C18H19N5O4/c1-4-27-18(26)11-7-19-15-13(11)14(21-8-22-15)10-5-12(17(25)20-6-10)23-16(24)9(2)3/h5-9H,4H2,1-3H3,(H,20,25)(H,23,24)(H,19,21,22). The lowest BCUT2D eigenvalue weighted by Crippen LogP contribution is -2.23. The molecule has 9 nitrogen and oxygen atoms in total. The Morgan fingerprint density at radius 3 is 2.70 bits per heavy atom. The molecule has 0 radical (unpaired) electrons. The van der Waals surface area contributed by atoms with Crippen molar-refractivity contribution in [1.29, 1.82) is 0 Å². The van der Waals surface area contributed by atoms with Gasteiger partial charge in [0.1, 0.15) is 17.7 Å². The van der Waals surface area contributed by atoms with Gasteiger partial charge in [-0.25, -0.2) is 14.8 Å². The van der Waals surface area contributed by atoms with Gasteiger partial charge in [-0.05, 0) is 13.0 Å². The molecular weight excluding hydrogens is 350 g/mol. The number of anilines is 1. The molecule has 3 rings (SSSR count). The number of aromatic amines is 2. The van der Waals surface area contributed by atoms with E-state index in [0.717, 1.165) is 0 Å². The average molecular weight is 369 g/mol.